The van der Waals surface area contributed by atoms with Crippen LogP contribution in [-0.2, 0) is 14.9 Å². The van der Waals surface area contributed by atoms with Crippen LogP contribution in [0, 0.1) is 0 Å². The maximum atomic E-state index is 12.7. The first-order valence-electron chi connectivity index (χ1n) is 11.5. The third kappa shape index (κ3) is 5.42. The van der Waals surface area contributed by atoms with Gasteiger partial charge in [0.25, 0.3) is 0 Å². The molecule has 0 bridgehead atoms. The Morgan fingerprint density at radius 1 is 1.18 bits per heavy atom. The number of ether oxygens (including phenoxy) is 5. The minimum atomic E-state index is -0.229. The van der Waals surface area contributed by atoms with Crippen molar-refractivity contribution in [3.05, 3.63) is 52.6 Å². The number of carbonyl (C=O) groups is 1. The smallest absolute Gasteiger partial charge is 0.244 e. The van der Waals surface area contributed by atoms with Crippen LogP contribution >= 0.6 is 11.6 Å². The van der Waals surface area contributed by atoms with E-state index in [0.29, 0.717) is 42.9 Å². The highest BCUT2D eigenvalue weighted by Crippen LogP contribution is 2.41. The molecular weight excluding hydrogens is 458 g/mol. The van der Waals surface area contributed by atoms with E-state index in [1.54, 1.807) is 25.3 Å². The summed E-state index contributed by atoms with van der Waals surface area (Å²) in [6.45, 7) is 4.58. The summed E-state index contributed by atoms with van der Waals surface area (Å²) in [5, 5.41) is 3.51. The summed E-state index contributed by atoms with van der Waals surface area (Å²) in [5.41, 5.74) is 1.63. The molecule has 1 saturated heterocycles. The van der Waals surface area contributed by atoms with E-state index in [1.807, 2.05) is 19.1 Å². The van der Waals surface area contributed by atoms with E-state index in [0.717, 1.165) is 41.9 Å². The van der Waals surface area contributed by atoms with Crippen LogP contribution in [0.15, 0.2) is 36.4 Å². The van der Waals surface area contributed by atoms with E-state index >= 15 is 0 Å². The van der Waals surface area contributed by atoms with Gasteiger partial charge in [-0.3, -0.25) is 4.79 Å². The molecule has 7 nitrogen and oxygen atoms in total. The average molecular weight is 488 g/mol. The minimum Gasteiger partial charge on any atom is -0.493 e. The van der Waals surface area contributed by atoms with Crippen molar-refractivity contribution in [1.82, 2.24) is 5.32 Å². The first-order valence-corrected chi connectivity index (χ1v) is 11.9. The number of hydrogen-bond donors (Lipinski definition) is 1. The standard InChI is InChI=1S/C26H30ClNO6/c1-3-10-32-25-20(27)13-18(14-23(25)30-2)4-7-24(29)28-16-26(8-11-31-12-9-26)19-5-6-21-22(15-19)34-17-33-21/h4-7,13-15H,3,8-12,16-17H2,1-2H3,(H,28,29)/b7-4+. The molecule has 2 aromatic rings. The Labute approximate surface area is 204 Å². The number of hydrogen-bond acceptors (Lipinski definition) is 6. The zero-order valence-corrected chi connectivity index (χ0v) is 20.3. The lowest BCUT2D eigenvalue weighted by atomic mass is 9.74. The lowest BCUT2D eigenvalue weighted by Crippen LogP contribution is -2.44. The molecule has 2 aromatic carbocycles. The minimum absolute atomic E-state index is 0.187. The largest absolute Gasteiger partial charge is 0.493 e. The summed E-state index contributed by atoms with van der Waals surface area (Å²) >= 11 is 6.38. The highest BCUT2D eigenvalue weighted by Gasteiger charge is 2.36. The second-order valence-electron chi connectivity index (χ2n) is 8.39. The summed E-state index contributed by atoms with van der Waals surface area (Å²) in [6, 6.07) is 9.56. The van der Waals surface area contributed by atoms with Gasteiger partial charge in [-0.25, -0.2) is 0 Å². The molecule has 0 aliphatic carbocycles. The number of amides is 1. The number of nitrogens with one attached hydrogen (secondary N) is 1. The molecule has 0 spiro atoms. The van der Waals surface area contributed by atoms with Gasteiger partial charge in [-0.15, -0.1) is 0 Å². The summed E-state index contributed by atoms with van der Waals surface area (Å²) < 4.78 is 27.7. The van der Waals surface area contributed by atoms with Gasteiger partial charge in [-0.05, 0) is 60.7 Å². The van der Waals surface area contributed by atoms with Crippen LogP contribution in [-0.4, -0.2) is 46.2 Å². The number of rotatable bonds is 9. The van der Waals surface area contributed by atoms with Gasteiger partial charge in [0.1, 0.15) is 0 Å². The molecule has 0 aromatic heterocycles. The Morgan fingerprint density at radius 2 is 1.97 bits per heavy atom. The highest BCUT2D eigenvalue weighted by molar-refractivity contribution is 6.32. The van der Waals surface area contributed by atoms with Crippen LogP contribution in [0.25, 0.3) is 6.08 Å². The lowest BCUT2D eigenvalue weighted by molar-refractivity contribution is -0.116. The monoisotopic (exact) mass is 487 g/mol. The highest BCUT2D eigenvalue weighted by atomic mass is 35.5. The van der Waals surface area contributed by atoms with Crippen molar-refractivity contribution in [2.75, 3.05) is 40.3 Å². The van der Waals surface area contributed by atoms with Crippen LogP contribution in [0.1, 0.15) is 37.3 Å². The maximum absolute atomic E-state index is 12.7. The summed E-state index contributed by atoms with van der Waals surface area (Å²) in [4.78, 5) is 12.7. The van der Waals surface area contributed by atoms with E-state index in [-0.39, 0.29) is 18.1 Å². The van der Waals surface area contributed by atoms with E-state index in [1.165, 1.54) is 6.08 Å². The van der Waals surface area contributed by atoms with Gasteiger partial charge in [0, 0.05) is 31.2 Å². The molecule has 1 N–H and O–H groups in total. The van der Waals surface area contributed by atoms with Crippen LogP contribution in [0.5, 0.6) is 23.0 Å². The third-order valence-corrected chi connectivity index (χ3v) is 6.45. The van der Waals surface area contributed by atoms with Gasteiger partial charge in [0.2, 0.25) is 12.7 Å². The second-order valence-corrected chi connectivity index (χ2v) is 8.80. The average Bonchev–Trinajstić information content (AvgIpc) is 3.34. The molecule has 1 fully saturated rings. The fourth-order valence-corrected chi connectivity index (χ4v) is 4.50. The Kier molecular flexibility index (Phi) is 7.85. The quantitative estimate of drug-likeness (QED) is 0.515. The van der Waals surface area contributed by atoms with E-state index in [9.17, 15) is 4.79 Å². The van der Waals surface area contributed by atoms with Crippen LogP contribution in [0.2, 0.25) is 5.02 Å². The van der Waals surface area contributed by atoms with Crippen molar-refractivity contribution in [3.8, 4) is 23.0 Å². The number of benzene rings is 2. The van der Waals surface area contributed by atoms with E-state index in [4.69, 9.17) is 35.3 Å². The number of carbonyl (C=O) groups excluding carboxylic acids is 1. The molecule has 34 heavy (non-hydrogen) atoms. The molecule has 1 amide bonds. The normalized spacial score (nSPS) is 16.4. The lowest BCUT2D eigenvalue weighted by Gasteiger charge is -2.38. The van der Waals surface area contributed by atoms with Crippen LogP contribution < -0.4 is 24.3 Å². The van der Waals surface area contributed by atoms with Crippen molar-refractivity contribution in [1.29, 1.82) is 0 Å². The first-order chi connectivity index (χ1) is 16.5. The number of fused-ring (bicyclic) bond motifs is 1. The van der Waals surface area contributed by atoms with E-state index in [2.05, 4.69) is 11.4 Å². The van der Waals surface area contributed by atoms with Crippen molar-refractivity contribution in [2.24, 2.45) is 0 Å². The molecule has 4 rings (SSSR count). The van der Waals surface area contributed by atoms with Gasteiger partial charge in [0.15, 0.2) is 23.0 Å². The van der Waals surface area contributed by atoms with Crippen molar-refractivity contribution >= 4 is 23.6 Å². The molecule has 0 atom stereocenters. The van der Waals surface area contributed by atoms with Gasteiger partial charge in [0.05, 0.1) is 18.7 Å². The van der Waals surface area contributed by atoms with Crippen molar-refractivity contribution in [2.45, 2.75) is 31.6 Å². The van der Waals surface area contributed by atoms with Crippen molar-refractivity contribution in [3.63, 3.8) is 0 Å². The van der Waals surface area contributed by atoms with Gasteiger partial charge in [-0.1, -0.05) is 24.6 Å². The maximum Gasteiger partial charge on any atom is 0.244 e. The molecule has 2 aliphatic heterocycles. The molecule has 182 valence electrons. The first kappa shape index (κ1) is 24.2. The number of methoxy groups -OCH3 is 1. The zero-order chi connectivity index (χ0) is 24.0. The Bertz CT molecular complexity index is 1050. The molecule has 2 heterocycles. The second kappa shape index (κ2) is 11.0. The Balaban J connectivity index is 1.45. The Hall–Kier alpha value is -2.90. The van der Waals surface area contributed by atoms with Gasteiger partial charge < -0.3 is 29.0 Å². The fourth-order valence-electron chi connectivity index (χ4n) is 4.22. The third-order valence-electron chi connectivity index (χ3n) is 6.17. The zero-order valence-electron chi connectivity index (χ0n) is 19.5. The van der Waals surface area contributed by atoms with Crippen molar-refractivity contribution < 1.29 is 28.5 Å². The summed E-state index contributed by atoms with van der Waals surface area (Å²) in [7, 11) is 1.56. The van der Waals surface area contributed by atoms with Crippen LogP contribution in [0.4, 0.5) is 0 Å². The fraction of sp³-hybridized carbons (Fsp3) is 0.423. The summed E-state index contributed by atoms with van der Waals surface area (Å²) in [5.74, 6) is 2.35. The Morgan fingerprint density at radius 3 is 2.74 bits per heavy atom. The predicted octanol–water partition coefficient (Wildman–Crippen LogP) is 4.74. The van der Waals surface area contributed by atoms with Gasteiger partial charge in [-0.2, -0.15) is 0 Å². The van der Waals surface area contributed by atoms with Gasteiger partial charge >= 0.3 is 0 Å². The predicted molar refractivity (Wildman–Crippen MR) is 130 cm³/mol. The molecule has 2 aliphatic rings. The summed E-state index contributed by atoms with van der Waals surface area (Å²) in [6.07, 6.45) is 5.70. The molecule has 0 radical (unpaired) electrons. The SMILES string of the molecule is CCCOc1c(Cl)cc(/C=C/C(=O)NCC2(c3ccc4c(c3)OCO4)CCOCC2)cc1OC. The topological polar surface area (TPSA) is 75.3 Å². The molecule has 0 unspecified atom stereocenters. The molecule has 0 saturated carbocycles. The molecule has 8 heteroatoms. The van der Waals surface area contributed by atoms with Crippen LogP contribution in [0.3, 0.4) is 0 Å². The number of halogens is 1. The van der Waals surface area contributed by atoms with E-state index < -0.39 is 0 Å². The molecular formula is C26H30ClNO6.